The number of hydrogen-bond donors (Lipinski definition) is 7. The van der Waals surface area contributed by atoms with E-state index in [4.69, 9.17) is 4.74 Å². The highest BCUT2D eigenvalue weighted by Crippen LogP contribution is 2.17. The van der Waals surface area contributed by atoms with Crippen molar-refractivity contribution in [2.45, 2.75) is 135 Å². The molecule has 60 heavy (non-hydrogen) atoms. The maximum absolute atomic E-state index is 13.9. The van der Waals surface area contributed by atoms with Gasteiger partial charge in [-0.3, -0.25) is 38.2 Å². The Morgan fingerprint density at radius 3 is 1.63 bits per heavy atom. The molecule has 0 spiro atoms. The number of ether oxygens (including phenoxy) is 1. The summed E-state index contributed by atoms with van der Waals surface area (Å²) in [6.45, 7) is 15.9. The Kier molecular flexibility index (Phi) is 16.3. The normalized spacial score (nSPS) is 15.1. The Morgan fingerprint density at radius 2 is 1.12 bits per heavy atom. The third-order valence-electron chi connectivity index (χ3n) is 9.96. The van der Waals surface area contributed by atoms with Crippen molar-refractivity contribution in [3.05, 3.63) is 60.5 Å². The predicted octanol–water partition coefficient (Wildman–Crippen LogP) is 1.15. The smallest absolute Gasteiger partial charge is 0.246 e. The predicted molar refractivity (Wildman–Crippen MR) is 224 cm³/mol. The topological polar surface area (TPSA) is 244 Å². The monoisotopic (exact) mass is 836 g/mol. The second-order valence-corrected chi connectivity index (χ2v) is 17.9. The van der Waals surface area contributed by atoms with Crippen LogP contribution in [0.15, 0.2) is 54.8 Å². The summed E-state index contributed by atoms with van der Waals surface area (Å²) in [4.78, 5) is 94.0. The number of hydrogen-bond acceptors (Lipinski definition) is 10. The van der Waals surface area contributed by atoms with Crippen LogP contribution in [0.2, 0.25) is 0 Å². The zero-order valence-corrected chi connectivity index (χ0v) is 36.8. The molecular formula is C42H64N10O8. The molecule has 0 fully saturated rings. The number of allylic oxidation sites excluding steroid dienone is 6. The van der Waals surface area contributed by atoms with Gasteiger partial charge < -0.3 is 42.0 Å². The van der Waals surface area contributed by atoms with E-state index in [9.17, 15) is 33.6 Å². The molecule has 330 valence electrons. The Hall–Kier alpha value is -5.65. The van der Waals surface area contributed by atoms with Gasteiger partial charge >= 0.3 is 0 Å². The van der Waals surface area contributed by atoms with Crippen LogP contribution in [0, 0.1) is 11.8 Å². The van der Waals surface area contributed by atoms with Gasteiger partial charge in [0.05, 0.1) is 12.8 Å². The van der Waals surface area contributed by atoms with Crippen LogP contribution in [0.25, 0.3) is 0 Å². The molecule has 7 amide bonds. The highest BCUT2D eigenvalue weighted by molar-refractivity contribution is 6.00. The number of rotatable bonds is 22. The molecule has 1 aromatic heterocycles. The molecule has 0 saturated heterocycles. The van der Waals surface area contributed by atoms with E-state index in [-0.39, 0.29) is 37.2 Å². The van der Waals surface area contributed by atoms with E-state index in [1.54, 1.807) is 24.7 Å². The number of nitrogens with one attached hydrogen (secondary N) is 7. The average molecular weight is 837 g/mol. The Bertz CT molecular complexity index is 1860. The highest BCUT2D eigenvalue weighted by atomic mass is 16.5. The van der Waals surface area contributed by atoms with Crippen molar-refractivity contribution in [3.63, 3.8) is 0 Å². The first kappa shape index (κ1) is 48.7. The molecule has 18 nitrogen and oxygen atoms in total. The fraction of sp³-hybridized carbons (Fsp3) is 0.595. The first-order valence-corrected chi connectivity index (χ1v) is 20.1. The maximum atomic E-state index is 13.9. The molecule has 2 aliphatic rings. The average Bonchev–Trinajstić information content (AvgIpc) is 3.94. The second-order valence-electron chi connectivity index (χ2n) is 17.9. The molecule has 3 rings (SSSR count). The third kappa shape index (κ3) is 14.3. The SMILES string of the molecule is COCc1cn(CCC[C@H](NC(=O)C(C)(C)NC(=O)CC2C=CC=C2)C(=O)NC(C)(C)C(=O)NC(C)(C)C(=O)NC(C)(C)C(=O)NC(C)(C)C(=O)NCC2C=CC=C2)nn1. The lowest BCUT2D eigenvalue weighted by Gasteiger charge is -2.36. The molecule has 1 atom stereocenters. The number of nitrogens with zero attached hydrogens (tertiary/aromatic N) is 3. The van der Waals surface area contributed by atoms with E-state index in [2.05, 4.69) is 47.5 Å². The van der Waals surface area contributed by atoms with Crippen LogP contribution in [0.1, 0.15) is 94.2 Å². The fourth-order valence-electron chi connectivity index (χ4n) is 6.00. The van der Waals surface area contributed by atoms with E-state index in [0.717, 1.165) is 0 Å². The lowest BCUT2D eigenvalue weighted by atomic mass is 9.95. The van der Waals surface area contributed by atoms with Gasteiger partial charge in [-0.1, -0.05) is 53.8 Å². The van der Waals surface area contributed by atoms with Crippen molar-refractivity contribution >= 4 is 41.4 Å². The fourth-order valence-corrected chi connectivity index (χ4v) is 6.00. The largest absolute Gasteiger partial charge is 0.378 e. The lowest BCUT2D eigenvalue weighted by Crippen LogP contribution is -2.68. The van der Waals surface area contributed by atoms with Crippen LogP contribution in [0.4, 0.5) is 0 Å². The summed E-state index contributed by atoms with van der Waals surface area (Å²) in [5.41, 5.74) is -6.81. The molecule has 7 N–H and O–H groups in total. The van der Waals surface area contributed by atoms with Gasteiger partial charge in [0.15, 0.2) is 0 Å². The van der Waals surface area contributed by atoms with Crippen molar-refractivity contribution in [1.82, 2.24) is 52.2 Å². The summed E-state index contributed by atoms with van der Waals surface area (Å²) >= 11 is 0. The highest BCUT2D eigenvalue weighted by Gasteiger charge is 2.43. The first-order valence-electron chi connectivity index (χ1n) is 20.1. The molecule has 1 aromatic rings. The number of aromatic nitrogens is 3. The van der Waals surface area contributed by atoms with Crippen LogP contribution in [-0.4, -0.2) is 104 Å². The summed E-state index contributed by atoms with van der Waals surface area (Å²) in [5.74, 6) is -4.16. The zero-order valence-electron chi connectivity index (χ0n) is 36.8. The van der Waals surface area contributed by atoms with Crippen molar-refractivity contribution in [1.29, 1.82) is 0 Å². The lowest BCUT2D eigenvalue weighted by molar-refractivity contribution is -0.141. The van der Waals surface area contributed by atoms with Gasteiger partial charge in [-0.25, -0.2) is 0 Å². The van der Waals surface area contributed by atoms with Crippen LogP contribution in [0.3, 0.4) is 0 Å². The zero-order chi connectivity index (χ0) is 45.1. The van der Waals surface area contributed by atoms with Crippen LogP contribution < -0.4 is 37.2 Å². The first-order chi connectivity index (χ1) is 27.8. The van der Waals surface area contributed by atoms with Crippen LogP contribution in [-0.2, 0) is 51.5 Å². The molecular weight excluding hydrogens is 773 g/mol. The van der Waals surface area contributed by atoms with E-state index in [1.807, 2.05) is 48.6 Å². The molecule has 0 bridgehead atoms. The van der Waals surface area contributed by atoms with E-state index in [0.29, 0.717) is 25.2 Å². The van der Waals surface area contributed by atoms with Gasteiger partial charge in [0.25, 0.3) is 0 Å². The molecule has 0 radical (unpaired) electrons. The van der Waals surface area contributed by atoms with E-state index < -0.39 is 69.2 Å². The summed E-state index contributed by atoms with van der Waals surface area (Å²) in [6.07, 6.45) is 17.4. The molecule has 0 unspecified atom stereocenters. The molecule has 0 aliphatic heterocycles. The van der Waals surface area contributed by atoms with Gasteiger partial charge in [0, 0.05) is 38.5 Å². The van der Waals surface area contributed by atoms with E-state index in [1.165, 1.54) is 62.5 Å². The third-order valence-corrected chi connectivity index (χ3v) is 9.96. The number of carbonyl (C=O) groups excluding carboxylic acids is 7. The quantitative estimate of drug-likeness (QED) is 0.0879. The number of methoxy groups -OCH3 is 1. The van der Waals surface area contributed by atoms with Gasteiger partial charge in [-0.15, -0.1) is 5.10 Å². The summed E-state index contributed by atoms with van der Waals surface area (Å²) in [7, 11) is 1.54. The van der Waals surface area contributed by atoms with Crippen molar-refractivity contribution in [2.75, 3.05) is 13.7 Å². The Morgan fingerprint density at radius 1 is 0.650 bits per heavy atom. The minimum absolute atomic E-state index is 0.0565. The van der Waals surface area contributed by atoms with Crippen LogP contribution >= 0.6 is 0 Å². The van der Waals surface area contributed by atoms with Gasteiger partial charge in [-0.05, 0) is 82.1 Å². The van der Waals surface area contributed by atoms with Crippen molar-refractivity contribution in [3.8, 4) is 0 Å². The maximum Gasteiger partial charge on any atom is 0.246 e. The number of amides is 7. The summed E-state index contributed by atoms with van der Waals surface area (Å²) < 4.78 is 6.68. The molecule has 18 heteroatoms. The van der Waals surface area contributed by atoms with Crippen molar-refractivity contribution in [2.24, 2.45) is 11.8 Å². The van der Waals surface area contributed by atoms with E-state index >= 15 is 0 Å². The minimum atomic E-state index is -1.61. The number of aryl methyl sites for hydroxylation is 1. The molecule has 0 saturated carbocycles. The minimum Gasteiger partial charge on any atom is -0.378 e. The standard InChI is InChI=1S/C42H64N10O8/c1-38(2,33(55)43-24-28-19-14-15-20-28)47-36(58)41(7,8)49-37(59)42(9,10)48-35(57)40(5,6)46-32(54)30(21-16-22-52-25-29(26-60-11)50-51-52)44-34(56)39(3,4)45-31(53)23-27-17-12-13-18-27/h12-15,17-20,25,27-28,30H,16,21-24,26H2,1-11H3,(H,43,55)(H,44,56)(H,45,53)(H,46,54)(H,47,58)(H,48,57)(H,49,59)/t30-/m0/s1. The Labute approximate surface area is 352 Å². The summed E-state index contributed by atoms with van der Waals surface area (Å²) in [6, 6.07) is -1.15. The van der Waals surface area contributed by atoms with Gasteiger partial charge in [0.1, 0.15) is 39.4 Å². The van der Waals surface area contributed by atoms with Gasteiger partial charge in [-0.2, -0.15) is 0 Å². The van der Waals surface area contributed by atoms with Crippen molar-refractivity contribution < 1.29 is 38.3 Å². The summed E-state index contributed by atoms with van der Waals surface area (Å²) in [5, 5.41) is 27.2. The molecule has 2 aliphatic carbocycles. The molecule has 1 heterocycles. The van der Waals surface area contributed by atoms with Gasteiger partial charge in [0.2, 0.25) is 41.4 Å². The van der Waals surface area contributed by atoms with Crippen LogP contribution in [0.5, 0.6) is 0 Å². The second kappa shape index (κ2) is 20.1. The molecule has 0 aromatic carbocycles. The number of carbonyl (C=O) groups is 7. The Balaban J connectivity index is 1.66.